The highest BCUT2D eigenvalue weighted by molar-refractivity contribution is 9.11. The smallest absolute Gasteiger partial charge is 0.0779 e. The standard InChI is InChI=1S/C10H17BrO/c1-8-5-3-4-6-10(8)12-7-9(2)11/h8,10H,2-7H2,1H3. The molecule has 1 nitrogen and oxygen atoms in total. The zero-order valence-electron chi connectivity index (χ0n) is 7.68. The summed E-state index contributed by atoms with van der Waals surface area (Å²) < 4.78 is 6.65. The second kappa shape index (κ2) is 5.03. The lowest BCUT2D eigenvalue weighted by atomic mass is 9.88. The monoisotopic (exact) mass is 232 g/mol. The third-order valence-electron chi connectivity index (χ3n) is 2.49. The second-order valence-corrected chi connectivity index (χ2v) is 4.75. The first kappa shape index (κ1) is 10.3. The van der Waals surface area contributed by atoms with Gasteiger partial charge in [-0.2, -0.15) is 0 Å². The summed E-state index contributed by atoms with van der Waals surface area (Å²) in [4.78, 5) is 0. The van der Waals surface area contributed by atoms with Crippen LogP contribution < -0.4 is 0 Å². The second-order valence-electron chi connectivity index (χ2n) is 3.63. The maximum atomic E-state index is 5.71. The van der Waals surface area contributed by atoms with Gasteiger partial charge in [-0.25, -0.2) is 0 Å². The van der Waals surface area contributed by atoms with Crippen LogP contribution in [0.5, 0.6) is 0 Å². The van der Waals surface area contributed by atoms with Crippen molar-refractivity contribution in [2.45, 2.75) is 38.7 Å². The van der Waals surface area contributed by atoms with Gasteiger partial charge in [0.15, 0.2) is 0 Å². The molecule has 2 atom stereocenters. The fourth-order valence-electron chi connectivity index (χ4n) is 1.73. The molecule has 1 saturated carbocycles. The molecule has 1 aliphatic carbocycles. The van der Waals surface area contributed by atoms with Gasteiger partial charge in [-0.1, -0.05) is 42.3 Å². The first-order valence-electron chi connectivity index (χ1n) is 4.65. The van der Waals surface area contributed by atoms with E-state index in [1.165, 1.54) is 25.7 Å². The zero-order chi connectivity index (χ0) is 8.97. The molecule has 2 heteroatoms. The zero-order valence-corrected chi connectivity index (χ0v) is 9.27. The van der Waals surface area contributed by atoms with Crippen LogP contribution in [0, 0.1) is 5.92 Å². The number of hydrogen-bond acceptors (Lipinski definition) is 1. The summed E-state index contributed by atoms with van der Waals surface area (Å²) in [6.07, 6.45) is 5.70. The van der Waals surface area contributed by atoms with Gasteiger partial charge in [0, 0.05) is 4.48 Å². The van der Waals surface area contributed by atoms with Crippen LogP contribution in [0.3, 0.4) is 0 Å². The Morgan fingerprint density at radius 1 is 1.50 bits per heavy atom. The quantitative estimate of drug-likeness (QED) is 0.725. The lowest BCUT2D eigenvalue weighted by molar-refractivity contribution is 0.00959. The van der Waals surface area contributed by atoms with E-state index in [0.29, 0.717) is 12.7 Å². The van der Waals surface area contributed by atoms with E-state index in [-0.39, 0.29) is 0 Å². The molecule has 1 rings (SSSR count). The normalized spacial score (nSPS) is 30.2. The Hall–Kier alpha value is 0.180. The van der Waals surface area contributed by atoms with E-state index < -0.39 is 0 Å². The highest BCUT2D eigenvalue weighted by Crippen LogP contribution is 2.26. The van der Waals surface area contributed by atoms with Crippen molar-refractivity contribution in [2.75, 3.05) is 6.61 Å². The van der Waals surface area contributed by atoms with E-state index in [4.69, 9.17) is 4.74 Å². The van der Waals surface area contributed by atoms with Gasteiger partial charge in [0.1, 0.15) is 0 Å². The highest BCUT2D eigenvalue weighted by atomic mass is 79.9. The maximum absolute atomic E-state index is 5.71. The van der Waals surface area contributed by atoms with E-state index in [1.54, 1.807) is 0 Å². The molecule has 0 aromatic heterocycles. The van der Waals surface area contributed by atoms with E-state index in [0.717, 1.165) is 10.4 Å². The maximum Gasteiger partial charge on any atom is 0.0779 e. The Balaban J connectivity index is 2.24. The van der Waals surface area contributed by atoms with Crippen LogP contribution in [0.2, 0.25) is 0 Å². The summed E-state index contributed by atoms with van der Waals surface area (Å²) in [5.74, 6) is 0.727. The van der Waals surface area contributed by atoms with Crippen molar-refractivity contribution in [2.24, 2.45) is 5.92 Å². The summed E-state index contributed by atoms with van der Waals surface area (Å²) in [6.45, 7) is 6.70. The van der Waals surface area contributed by atoms with E-state index in [2.05, 4.69) is 29.4 Å². The third kappa shape index (κ3) is 3.28. The van der Waals surface area contributed by atoms with Gasteiger partial charge in [0.2, 0.25) is 0 Å². The van der Waals surface area contributed by atoms with Crippen molar-refractivity contribution >= 4 is 15.9 Å². The fourth-order valence-corrected chi connectivity index (χ4v) is 1.86. The van der Waals surface area contributed by atoms with Crippen LogP contribution in [0.4, 0.5) is 0 Å². The predicted molar refractivity (Wildman–Crippen MR) is 55.4 cm³/mol. The molecular weight excluding hydrogens is 216 g/mol. The minimum Gasteiger partial charge on any atom is -0.373 e. The summed E-state index contributed by atoms with van der Waals surface area (Å²) in [5.41, 5.74) is 0. The molecule has 0 spiro atoms. The van der Waals surface area contributed by atoms with E-state index in [9.17, 15) is 0 Å². The Morgan fingerprint density at radius 3 is 2.75 bits per heavy atom. The van der Waals surface area contributed by atoms with Gasteiger partial charge in [0.25, 0.3) is 0 Å². The molecule has 2 unspecified atom stereocenters. The molecule has 1 aliphatic rings. The van der Waals surface area contributed by atoms with Gasteiger partial charge < -0.3 is 4.74 Å². The summed E-state index contributed by atoms with van der Waals surface area (Å²) >= 11 is 3.30. The van der Waals surface area contributed by atoms with Crippen LogP contribution >= 0.6 is 15.9 Å². The number of rotatable bonds is 3. The molecule has 0 aromatic rings. The Bertz CT molecular complexity index is 156. The van der Waals surface area contributed by atoms with E-state index in [1.807, 2.05) is 0 Å². The van der Waals surface area contributed by atoms with Crippen LogP contribution in [0.1, 0.15) is 32.6 Å². The van der Waals surface area contributed by atoms with E-state index >= 15 is 0 Å². The van der Waals surface area contributed by atoms with Crippen molar-refractivity contribution in [1.82, 2.24) is 0 Å². The van der Waals surface area contributed by atoms with Gasteiger partial charge >= 0.3 is 0 Å². The minimum absolute atomic E-state index is 0.466. The summed E-state index contributed by atoms with van der Waals surface area (Å²) in [7, 11) is 0. The van der Waals surface area contributed by atoms with Crippen molar-refractivity contribution in [3.63, 3.8) is 0 Å². The Morgan fingerprint density at radius 2 is 2.17 bits per heavy atom. The molecule has 0 saturated heterocycles. The topological polar surface area (TPSA) is 9.23 Å². The lowest BCUT2D eigenvalue weighted by Crippen LogP contribution is -2.25. The minimum atomic E-state index is 0.466. The molecule has 70 valence electrons. The summed E-state index contributed by atoms with van der Waals surface area (Å²) in [5, 5.41) is 0. The molecule has 0 N–H and O–H groups in total. The van der Waals surface area contributed by atoms with Gasteiger partial charge in [-0.3, -0.25) is 0 Å². The molecular formula is C10H17BrO. The average Bonchev–Trinajstić information content (AvgIpc) is 2.03. The molecule has 0 heterocycles. The molecule has 0 bridgehead atoms. The third-order valence-corrected chi connectivity index (χ3v) is 2.72. The van der Waals surface area contributed by atoms with Crippen molar-refractivity contribution in [3.05, 3.63) is 11.1 Å². The van der Waals surface area contributed by atoms with Gasteiger partial charge in [-0.05, 0) is 18.8 Å². The fraction of sp³-hybridized carbons (Fsp3) is 0.800. The SMILES string of the molecule is C=C(Br)COC1CCCCC1C. The molecule has 1 fully saturated rings. The van der Waals surface area contributed by atoms with Gasteiger partial charge in [0.05, 0.1) is 12.7 Å². The van der Waals surface area contributed by atoms with Crippen molar-refractivity contribution < 1.29 is 4.74 Å². The molecule has 0 aliphatic heterocycles. The number of ether oxygens (including phenoxy) is 1. The Kier molecular flexibility index (Phi) is 4.30. The first-order chi connectivity index (χ1) is 5.70. The van der Waals surface area contributed by atoms with Crippen LogP contribution in [-0.4, -0.2) is 12.7 Å². The molecule has 0 aromatic carbocycles. The Labute approximate surface area is 83.3 Å². The van der Waals surface area contributed by atoms with Crippen molar-refractivity contribution in [1.29, 1.82) is 0 Å². The first-order valence-corrected chi connectivity index (χ1v) is 5.44. The summed E-state index contributed by atoms with van der Waals surface area (Å²) in [6, 6.07) is 0. The lowest BCUT2D eigenvalue weighted by Gasteiger charge is -2.28. The van der Waals surface area contributed by atoms with Crippen molar-refractivity contribution in [3.8, 4) is 0 Å². The molecule has 12 heavy (non-hydrogen) atoms. The largest absolute Gasteiger partial charge is 0.373 e. The predicted octanol–water partition coefficient (Wildman–Crippen LogP) is 3.49. The highest BCUT2D eigenvalue weighted by Gasteiger charge is 2.21. The molecule has 0 amide bonds. The number of hydrogen-bond donors (Lipinski definition) is 0. The van der Waals surface area contributed by atoms with Crippen LogP contribution in [-0.2, 0) is 4.74 Å². The average molecular weight is 233 g/mol. The van der Waals surface area contributed by atoms with Crippen LogP contribution in [0.25, 0.3) is 0 Å². The van der Waals surface area contributed by atoms with Crippen LogP contribution in [0.15, 0.2) is 11.1 Å². The molecule has 0 radical (unpaired) electrons. The van der Waals surface area contributed by atoms with Gasteiger partial charge in [-0.15, -0.1) is 0 Å². The number of halogens is 1.